The van der Waals surface area contributed by atoms with Crippen molar-refractivity contribution in [2.45, 2.75) is 0 Å². The Morgan fingerprint density at radius 3 is 2.27 bits per heavy atom. The van der Waals surface area contributed by atoms with Crippen LogP contribution in [0.15, 0.2) is 18.2 Å². The molecule has 0 bridgehead atoms. The van der Waals surface area contributed by atoms with Gasteiger partial charge in [0.05, 0.1) is 0 Å². The van der Waals surface area contributed by atoms with Gasteiger partial charge in [0.15, 0.2) is 0 Å². The Morgan fingerprint density at radius 2 is 1.91 bits per heavy atom. The van der Waals surface area contributed by atoms with E-state index >= 15 is 0 Å². The minimum absolute atomic E-state index is 0. The van der Waals surface area contributed by atoms with Crippen molar-refractivity contribution >= 4 is 34.7 Å². The molecule has 0 aliphatic carbocycles. The van der Waals surface area contributed by atoms with Crippen molar-refractivity contribution in [1.29, 1.82) is 0 Å². The molecule has 0 saturated carbocycles. The SMILES string of the molecule is [CH2-]c1c(F)cccc1Cl.[Cl-].[Mg+2]. The molecule has 0 amide bonds. The molecule has 0 N–H and O–H groups in total. The zero-order valence-electron chi connectivity index (χ0n) is 5.78. The Morgan fingerprint density at radius 1 is 1.36 bits per heavy atom. The van der Waals surface area contributed by atoms with E-state index in [1.807, 2.05) is 0 Å². The summed E-state index contributed by atoms with van der Waals surface area (Å²) in [6, 6.07) is 4.48. The van der Waals surface area contributed by atoms with Gasteiger partial charge in [-0.25, -0.2) is 0 Å². The second-order valence-electron chi connectivity index (χ2n) is 1.70. The summed E-state index contributed by atoms with van der Waals surface area (Å²) in [6.07, 6.45) is 0. The van der Waals surface area contributed by atoms with Gasteiger partial charge in [-0.2, -0.15) is 18.5 Å². The third-order valence-electron chi connectivity index (χ3n) is 1.06. The molecule has 0 aromatic heterocycles. The first kappa shape index (κ1) is 13.9. The summed E-state index contributed by atoms with van der Waals surface area (Å²) in [5.74, 6) is -0.359. The molecule has 0 aliphatic rings. The number of hydrogen-bond acceptors (Lipinski definition) is 0. The van der Waals surface area contributed by atoms with Crippen molar-refractivity contribution < 1.29 is 16.8 Å². The molecule has 0 radical (unpaired) electrons. The van der Waals surface area contributed by atoms with Gasteiger partial charge in [-0.15, -0.1) is 11.6 Å². The van der Waals surface area contributed by atoms with Crippen molar-refractivity contribution in [1.82, 2.24) is 0 Å². The second-order valence-corrected chi connectivity index (χ2v) is 2.11. The van der Waals surface area contributed by atoms with Crippen LogP contribution in [0.3, 0.4) is 0 Å². The average molecular weight is 203 g/mol. The number of halogens is 3. The summed E-state index contributed by atoms with van der Waals surface area (Å²) < 4.78 is 12.4. The Labute approximate surface area is 92.7 Å². The molecule has 0 heterocycles. The van der Waals surface area contributed by atoms with E-state index in [0.29, 0.717) is 5.02 Å². The molecule has 1 aromatic rings. The molecule has 11 heavy (non-hydrogen) atoms. The number of benzene rings is 1. The summed E-state index contributed by atoms with van der Waals surface area (Å²) in [5.41, 5.74) is 0.263. The van der Waals surface area contributed by atoms with Crippen LogP contribution < -0.4 is 12.4 Å². The Bertz CT molecular complexity index is 207. The summed E-state index contributed by atoms with van der Waals surface area (Å²) in [6.45, 7) is 3.41. The van der Waals surface area contributed by atoms with Crippen molar-refractivity contribution in [2.75, 3.05) is 0 Å². The third-order valence-corrected chi connectivity index (χ3v) is 1.42. The largest absolute Gasteiger partial charge is 2.00 e. The van der Waals surface area contributed by atoms with Gasteiger partial charge in [0, 0.05) is 5.82 Å². The zero-order valence-corrected chi connectivity index (χ0v) is 8.71. The normalized spacial score (nSPS) is 7.82. The van der Waals surface area contributed by atoms with Gasteiger partial charge in [-0.1, -0.05) is 17.2 Å². The van der Waals surface area contributed by atoms with Gasteiger partial charge in [0.2, 0.25) is 0 Å². The van der Waals surface area contributed by atoms with E-state index in [9.17, 15) is 4.39 Å². The summed E-state index contributed by atoms with van der Waals surface area (Å²) >= 11 is 5.51. The van der Waals surface area contributed by atoms with E-state index in [2.05, 4.69) is 6.92 Å². The molecule has 0 unspecified atom stereocenters. The van der Waals surface area contributed by atoms with Gasteiger partial charge >= 0.3 is 23.1 Å². The fourth-order valence-electron chi connectivity index (χ4n) is 0.532. The number of rotatable bonds is 0. The Balaban J connectivity index is 0. The first-order valence-corrected chi connectivity index (χ1v) is 2.85. The summed E-state index contributed by atoms with van der Waals surface area (Å²) in [7, 11) is 0. The minimum atomic E-state index is -0.359. The smallest absolute Gasteiger partial charge is 1.00 e. The van der Waals surface area contributed by atoms with E-state index in [4.69, 9.17) is 11.6 Å². The van der Waals surface area contributed by atoms with Crippen LogP contribution in [0.1, 0.15) is 5.56 Å². The first-order valence-electron chi connectivity index (χ1n) is 2.48. The quantitative estimate of drug-likeness (QED) is 0.386. The fraction of sp³-hybridized carbons (Fsp3) is 0. The minimum Gasteiger partial charge on any atom is -1.00 e. The topological polar surface area (TPSA) is 0 Å². The Kier molecular flexibility index (Phi) is 7.53. The van der Waals surface area contributed by atoms with Crippen molar-refractivity contribution in [3.63, 3.8) is 0 Å². The van der Waals surface area contributed by atoms with Crippen LogP contribution in [0.5, 0.6) is 0 Å². The fourth-order valence-corrected chi connectivity index (χ4v) is 0.695. The predicted octanol–water partition coefficient (Wildman–Crippen LogP) is -0.716. The molecule has 0 aliphatic heterocycles. The average Bonchev–Trinajstić information content (AvgIpc) is 1.83. The van der Waals surface area contributed by atoms with E-state index in [1.165, 1.54) is 6.07 Å². The zero-order chi connectivity index (χ0) is 6.85. The van der Waals surface area contributed by atoms with Gasteiger partial charge in [-0.05, 0) is 0 Å². The van der Waals surface area contributed by atoms with Crippen LogP contribution in [0.25, 0.3) is 0 Å². The van der Waals surface area contributed by atoms with Crippen LogP contribution in [-0.2, 0) is 0 Å². The Hall–Kier alpha value is 0.366. The maximum absolute atomic E-state index is 12.4. The molecule has 1 rings (SSSR count). The second kappa shape index (κ2) is 5.95. The maximum Gasteiger partial charge on any atom is 2.00 e. The van der Waals surface area contributed by atoms with Gasteiger partial charge in [-0.3, -0.25) is 4.39 Å². The molecule has 0 spiro atoms. The van der Waals surface area contributed by atoms with E-state index in [0.717, 1.165) is 0 Å². The standard InChI is InChI=1S/C7H5ClF.ClH.Mg/c1-5-6(8)3-2-4-7(5)9;;/h2-4H,1H2;1H;/q-1;;+2/p-1. The van der Waals surface area contributed by atoms with E-state index < -0.39 is 0 Å². The molecule has 0 nitrogen and oxygen atoms in total. The van der Waals surface area contributed by atoms with Gasteiger partial charge in [0.1, 0.15) is 0 Å². The molecule has 0 saturated heterocycles. The maximum atomic E-state index is 12.4. The van der Waals surface area contributed by atoms with Crippen molar-refractivity contribution in [3.05, 3.63) is 41.5 Å². The molecular formula is C7H5Cl2FMg. The predicted molar refractivity (Wildman–Crippen MR) is 41.6 cm³/mol. The van der Waals surface area contributed by atoms with Crippen molar-refractivity contribution in [3.8, 4) is 0 Å². The van der Waals surface area contributed by atoms with Gasteiger partial charge < -0.3 is 12.4 Å². The third kappa shape index (κ3) is 3.52. The van der Waals surface area contributed by atoms with E-state index in [1.54, 1.807) is 12.1 Å². The van der Waals surface area contributed by atoms with Crippen LogP contribution in [0.2, 0.25) is 5.02 Å². The van der Waals surface area contributed by atoms with Crippen LogP contribution in [-0.4, -0.2) is 23.1 Å². The summed E-state index contributed by atoms with van der Waals surface area (Å²) in [5, 5.41) is 0.370. The van der Waals surface area contributed by atoms with Gasteiger partial charge in [0.25, 0.3) is 0 Å². The van der Waals surface area contributed by atoms with Crippen molar-refractivity contribution in [2.24, 2.45) is 0 Å². The molecule has 4 heteroatoms. The monoisotopic (exact) mass is 202 g/mol. The molecule has 0 atom stereocenters. The van der Waals surface area contributed by atoms with E-state index in [-0.39, 0.29) is 46.8 Å². The number of hydrogen-bond donors (Lipinski definition) is 0. The molecule has 1 aromatic carbocycles. The summed E-state index contributed by atoms with van der Waals surface area (Å²) in [4.78, 5) is 0. The van der Waals surface area contributed by atoms with Crippen LogP contribution >= 0.6 is 11.6 Å². The molecule has 56 valence electrons. The van der Waals surface area contributed by atoms with Crippen LogP contribution in [0, 0.1) is 12.7 Å². The molecular weight excluding hydrogens is 198 g/mol. The molecule has 0 fully saturated rings. The van der Waals surface area contributed by atoms with Crippen LogP contribution in [0.4, 0.5) is 4.39 Å². The first-order chi connectivity index (χ1) is 4.22.